The first-order chi connectivity index (χ1) is 6.68. The lowest BCUT2D eigenvalue weighted by atomic mass is 10.1. The van der Waals surface area contributed by atoms with Crippen LogP contribution < -0.4 is 5.73 Å². The Hall–Kier alpha value is -1.14. The molecule has 5 nitrogen and oxygen atoms in total. The number of nitrogens with two attached hydrogens (primary N) is 1. The molecule has 0 bridgehead atoms. The maximum Gasteiger partial charge on any atom is 0.355 e. The first-order valence-corrected chi connectivity index (χ1v) is 5.07. The largest absolute Gasteiger partial charge is 0.476 e. The number of carboxylic acid groups (broad SMARTS) is 1. The van der Waals surface area contributed by atoms with Crippen molar-refractivity contribution in [2.75, 3.05) is 18.9 Å². The first-order valence-electron chi connectivity index (χ1n) is 4.25. The number of carboxylic acids is 1. The van der Waals surface area contributed by atoms with Crippen LogP contribution in [0.2, 0.25) is 0 Å². The number of nitrogens with zero attached hydrogens (tertiary/aromatic N) is 1. The van der Waals surface area contributed by atoms with E-state index in [9.17, 15) is 4.79 Å². The van der Waals surface area contributed by atoms with E-state index in [0.717, 1.165) is 11.3 Å². The zero-order valence-electron chi connectivity index (χ0n) is 7.40. The van der Waals surface area contributed by atoms with Gasteiger partial charge in [-0.25, -0.2) is 9.78 Å². The molecule has 0 aliphatic carbocycles. The molecule has 0 spiro atoms. The lowest BCUT2D eigenvalue weighted by Gasteiger charge is -2.03. The fraction of sp³-hybridized carbons (Fsp3) is 0.500. The van der Waals surface area contributed by atoms with Gasteiger partial charge in [-0.05, 0) is 6.42 Å². The third-order valence-electron chi connectivity index (χ3n) is 2.17. The van der Waals surface area contributed by atoms with Crippen molar-refractivity contribution in [3.63, 3.8) is 0 Å². The van der Waals surface area contributed by atoms with Crippen LogP contribution in [0.1, 0.15) is 27.7 Å². The van der Waals surface area contributed by atoms with Crippen LogP contribution in [-0.4, -0.2) is 29.3 Å². The summed E-state index contributed by atoms with van der Waals surface area (Å²) in [5.41, 5.74) is 5.57. The minimum Gasteiger partial charge on any atom is -0.476 e. The minimum absolute atomic E-state index is 0.0861. The summed E-state index contributed by atoms with van der Waals surface area (Å²) < 4.78 is 5.20. The van der Waals surface area contributed by atoms with Crippen molar-refractivity contribution in [3.8, 4) is 0 Å². The maximum absolute atomic E-state index is 10.8. The second-order valence-electron chi connectivity index (χ2n) is 3.13. The lowest BCUT2D eigenvalue weighted by Crippen LogP contribution is -2.05. The fourth-order valence-electron chi connectivity index (χ4n) is 1.52. The molecule has 6 heteroatoms. The molecule has 1 aromatic heterocycles. The summed E-state index contributed by atoms with van der Waals surface area (Å²) in [6.07, 6.45) is 0.849. The number of carbonyl (C=O) groups is 1. The highest BCUT2D eigenvalue weighted by Gasteiger charge is 2.26. The topological polar surface area (TPSA) is 85.4 Å². The van der Waals surface area contributed by atoms with Crippen LogP contribution in [0, 0.1) is 0 Å². The molecule has 2 heterocycles. The van der Waals surface area contributed by atoms with Gasteiger partial charge >= 0.3 is 5.97 Å². The molecule has 0 saturated carbocycles. The van der Waals surface area contributed by atoms with E-state index in [1.54, 1.807) is 0 Å². The number of nitrogen functional groups attached to an aromatic ring is 1. The Morgan fingerprint density at radius 2 is 2.50 bits per heavy atom. The van der Waals surface area contributed by atoms with Crippen LogP contribution in [0.3, 0.4) is 0 Å². The van der Waals surface area contributed by atoms with E-state index in [1.807, 2.05) is 0 Å². The molecule has 0 aromatic carbocycles. The van der Waals surface area contributed by atoms with Crippen molar-refractivity contribution in [1.82, 2.24) is 4.98 Å². The molecule has 14 heavy (non-hydrogen) atoms. The second kappa shape index (κ2) is 3.55. The second-order valence-corrected chi connectivity index (χ2v) is 4.19. The summed E-state index contributed by atoms with van der Waals surface area (Å²) in [6, 6.07) is 0. The van der Waals surface area contributed by atoms with Gasteiger partial charge < -0.3 is 15.6 Å². The van der Waals surface area contributed by atoms with Crippen LogP contribution in [0.15, 0.2) is 0 Å². The van der Waals surface area contributed by atoms with E-state index in [0.29, 0.717) is 18.3 Å². The highest BCUT2D eigenvalue weighted by Crippen LogP contribution is 2.33. The molecule has 1 atom stereocenters. The van der Waals surface area contributed by atoms with Gasteiger partial charge in [0.15, 0.2) is 10.8 Å². The van der Waals surface area contributed by atoms with E-state index in [4.69, 9.17) is 15.6 Å². The van der Waals surface area contributed by atoms with Crippen molar-refractivity contribution < 1.29 is 14.6 Å². The van der Waals surface area contributed by atoms with E-state index >= 15 is 0 Å². The van der Waals surface area contributed by atoms with Gasteiger partial charge in [-0.15, -0.1) is 11.3 Å². The average Bonchev–Trinajstić information content (AvgIpc) is 2.70. The van der Waals surface area contributed by atoms with Crippen LogP contribution in [0.4, 0.5) is 5.13 Å². The molecule has 0 radical (unpaired) electrons. The lowest BCUT2D eigenvalue weighted by molar-refractivity contribution is 0.0689. The van der Waals surface area contributed by atoms with Gasteiger partial charge in [0.25, 0.3) is 0 Å². The number of aromatic carboxylic acids is 1. The minimum atomic E-state index is -1.01. The molecule has 1 unspecified atom stereocenters. The van der Waals surface area contributed by atoms with Gasteiger partial charge in [0, 0.05) is 17.4 Å². The van der Waals surface area contributed by atoms with Gasteiger partial charge in [-0.2, -0.15) is 0 Å². The molecule has 1 saturated heterocycles. The van der Waals surface area contributed by atoms with Crippen LogP contribution >= 0.6 is 11.3 Å². The van der Waals surface area contributed by atoms with E-state index in [2.05, 4.69) is 4.98 Å². The van der Waals surface area contributed by atoms with E-state index in [1.165, 1.54) is 11.3 Å². The third-order valence-corrected chi connectivity index (χ3v) is 3.22. The van der Waals surface area contributed by atoms with Gasteiger partial charge in [0.05, 0.1) is 6.61 Å². The number of ether oxygens (including phenoxy) is 1. The van der Waals surface area contributed by atoms with Crippen molar-refractivity contribution in [2.45, 2.75) is 12.3 Å². The molecule has 3 N–H and O–H groups in total. The number of hydrogen-bond acceptors (Lipinski definition) is 5. The molecule has 2 rings (SSSR count). The predicted molar refractivity (Wildman–Crippen MR) is 51.7 cm³/mol. The van der Waals surface area contributed by atoms with Gasteiger partial charge in [-0.3, -0.25) is 0 Å². The van der Waals surface area contributed by atoms with Gasteiger partial charge in [-0.1, -0.05) is 0 Å². The summed E-state index contributed by atoms with van der Waals surface area (Å²) in [4.78, 5) is 15.4. The van der Waals surface area contributed by atoms with Crippen LogP contribution in [0.5, 0.6) is 0 Å². The highest BCUT2D eigenvalue weighted by atomic mass is 32.1. The summed E-state index contributed by atoms with van der Waals surface area (Å²) in [7, 11) is 0. The number of hydrogen-bond donors (Lipinski definition) is 2. The molecule has 1 aliphatic heterocycles. The van der Waals surface area contributed by atoms with Crippen LogP contribution in [-0.2, 0) is 4.74 Å². The van der Waals surface area contributed by atoms with Crippen molar-refractivity contribution in [1.29, 1.82) is 0 Å². The molecular weight excluding hydrogens is 204 g/mol. The normalized spacial score (nSPS) is 21.3. The smallest absolute Gasteiger partial charge is 0.355 e. The Morgan fingerprint density at radius 3 is 3.07 bits per heavy atom. The standard InChI is InChI=1S/C8H10N2O3S/c9-8-10-5(7(11)12)6(14-8)4-1-2-13-3-4/h4H,1-3H2,(H2,9,10)(H,11,12). The molecule has 1 aromatic rings. The summed E-state index contributed by atoms with van der Waals surface area (Å²) in [6.45, 7) is 1.25. The summed E-state index contributed by atoms with van der Waals surface area (Å²) in [5, 5.41) is 9.20. The van der Waals surface area contributed by atoms with Crippen molar-refractivity contribution >= 4 is 22.4 Å². The average molecular weight is 214 g/mol. The number of aromatic nitrogens is 1. The third kappa shape index (κ3) is 1.58. The predicted octanol–water partition coefficient (Wildman–Crippen LogP) is 0.927. The van der Waals surface area contributed by atoms with E-state index in [-0.39, 0.29) is 11.6 Å². The molecule has 1 fully saturated rings. The molecule has 76 valence electrons. The van der Waals surface area contributed by atoms with Gasteiger partial charge in [0.1, 0.15) is 0 Å². The zero-order valence-corrected chi connectivity index (χ0v) is 8.21. The molecule has 0 amide bonds. The van der Waals surface area contributed by atoms with Crippen molar-refractivity contribution in [2.24, 2.45) is 0 Å². The Labute approximate surface area is 84.5 Å². The SMILES string of the molecule is Nc1nc(C(=O)O)c(C2CCOC2)s1. The molecule has 1 aliphatic rings. The zero-order chi connectivity index (χ0) is 10.1. The monoisotopic (exact) mass is 214 g/mol. The van der Waals surface area contributed by atoms with Crippen molar-refractivity contribution in [3.05, 3.63) is 10.6 Å². The highest BCUT2D eigenvalue weighted by molar-refractivity contribution is 7.15. The number of thiazole rings is 1. The Balaban J connectivity index is 2.35. The Morgan fingerprint density at radius 1 is 1.71 bits per heavy atom. The quantitative estimate of drug-likeness (QED) is 0.764. The maximum atomic E-state index is 10.8. The molecular formula is C8H10N2O3S. The van der Waals surface area contributed by atoms with Crippen LogP contribution in [0.25, 0.3) is 0 Å². The van der Waals surface area contributed by atoms with Gasteiger partial charge in [0.2, 0.25) is 0 Å². The Bertz CT molecular complexity index is 357. The Kier molecular flexibility index (Phi) is 2.39. The number of anilines is 1. The fourth-order valence-corrected chi connectivity index (χ4v) is 2.46. The summed E-state index contributed by atoms with van der Waals surface area (Å²) in [5.74, 6) is -0.865. The number of rotatable bonds is 2. The first kappa shape index (κ1) is 9.42. The van der Waals surface area contributed by atoms with E-state index < -0.39 is 5.97 Å². The summed E-state index contributed by atoms with van der Waals surface area (Å²) >= 11 is 1.25.